The Labute approximate surface area is 156 Å². The first kappa shape index (κ1) is 18.2. The largest absolute Gasteiger partial charge is 0.319 e. The Morgan fingerprint density at radius 1 is 1.00 bits per heavy atom. The maximum Gasteiger partial charge on any atom is 0.255 e. The average molecular weight is 399 g/mol. The molecule has 1 aliphatic rings. The van der Waals surface area contributed by atoms with Crippen molar-refractivity contribution in [1.29, 1.82) is 0 Å². The van der Waals surface area contributed by atoms with E-state index in [0.29, 0.717) is 28.8 Å². The van der Waals surface area contributed by atoms with Gasteiger partial charge in [0.1, 0.15) is 0 Å². The van der Waals surface area contributed by atoms with Gasteiger partial charge in [-0.25, -0.2) is 8.42 Å². The van der Waals surface area contributed by atoms with Gasteiger partial charge < -0.3 is 5.32 Å². The van der Waals surface area contributed by atoms with Crippen molar-refractivity contribution < 1.29 is 13.2 Å². The number of carbonyl (C=O) groups excluding carboxylic acids is 1. The monoisotopic (exact) mass is 398 g/mol. The van der Waals surface area contributed by atoms with Crippen LogP contribution in [0.15, 0.2) is 47.4 Å². The summed E-state index contributed by atoms with van der Waals surface area (Å²) in [5.41, 5.74) is 0.514. The highest BCUT2D eigenvalue weighted by atomic mass is 35.5. The van der Waals surface area contributed by atoms with E-state index in [1.54, 1.807) is 30.3 Å². The van der Waals surface area contributed by atoms with Gasteiger partial charge in [-0.2, -0.15) is 4.31 Å². The van der Waals surface area contributed by atoms with Crippen LogP contribution in [0.1, 0.15) is 23.2 Å². The number of sulfonamides is 1. The lowest BCUT2D eigenvalue weighted by molar-refractivity contribution is 0.102. The minimum atomic E-state index is -3.58. The number of hydrogen-bond donors (Lipinski definition) is 1. The number of nitrogens with one attached hydrogen (secondary N) is 1. The molecule has 1 heterocycles. The first-order valence-corrected chi connectivity index (χ1v) is 9.95. The van der Waals surface area contributed by atoms with Crippen LogP contribution in [0, 0.1) is 0 Å². The van der Waals surface area contributed by atoms with Crippen molar-refractivity contribution >= 4 is 44.8 Å². The van der Waals surface area contributed by atoms with Crippen molar-refractivity contribution in [3.63, 3.8) is 0 Å². The smallest absolute Gasteiger partial charge is 0.255 e. The fourth-order valence-electron chi connectivity index (χ4n) is 2.68. The summed E-state index contributed by atoms with van der Waals surface area (Å²) in [5, 5.41) is 3.25. The van der Waals surface area contributed by atoms with Crippen LogP contribution >= 0.6 is 23.2 Å². The number of anilines is 1. The number of benzene rings is 2. The molecule has 0 saturated carbocycles. The van der Waals surface area contributed by atoms with Gasteiger partial charge >= 0.3 is 0 Å². The second-order valence-corrected chi connectivity index (χ2v) is 8.44. The van der Waals surface area contributed by atoms with Crippen LogP contribution in [0.25, 0.3) is 0 Å². The molecule has 0 unspecified atom stereocenters. The van der Waals surface area contributed by atoms with Crippen molar-refractivity contribution in [2.75, 3.05) is 18.4 Å². The minimum Gasteiger partial charge on any atom is -0.319 e. The number of nitrogens with zero attached hydrogens (tertiary/aromatic N) is 1. The molecule has 0 radical (unpaired) electrons. The molecule has 0 aliphatic carbocycles. The van der Waals surface area contributed by atoms with Crippen molar-refractivity contribution in [2.45, 2.75) is 17.7 Å². The molecule has 132 valence electrons. The number of amides is 1. The molecule has 2 aromatic rings. The van der Waals surface area contributed by atoms with E-state index in [4.69, 9.17) is 23.2 Å². The predicted molar refractivity (Wildman–Crippen MR) is 98.9 cm³/mol. The quantitative estimate of drug-likeness (QED) is 0.844. The van der Waals surface area contributed by atoms with Gasteiger partial charge in [-0.1, -0.05) is 35.3 Å². The third kappa shape index (κ3) is 3.82. The molecule has 3 rings (SSSR count). The molecular formula is C17H16Cl2N2O3S. The van der Waals surface area contributed by atoms with Gasteiger partial charge in [0.15, 0.2) is 0 Å². The van der Waals surface area contributed by atoms with Crippen LogP contribution in [0.2, 0.25) is 10.0 Å². The molecule has 8 heteroatoms. The molecule has 1 fully saturated rings. The lowest BCUT2D eigenvalue weighted by Crippen LogP contribution is -2.28. The molecule has 1 N–H and O–H groups in total. The summed E-state index contributed by atoms with van der Waals surface area (Å²) in [6.07, 6.45) is 1.70. The van der Waals surface area contributed by atoms with E-state index >= 15 is 0 Å². The Balaban J connectivity index is 1.87. The molecule has 0 atom stereocenters. The van der Waals surface area contributed by atoms with Crippen LogP contribution in [0.3, 0.4) is 0 Å². The number of halogens is 2. The van der Waals surface area contributed by atoms with Crippen molar-refractivity contribution in [3.8, 4) is 0 Å². The summed E-state index contributed by atoms with van der Waals surface area (Å²) in [5.74, 6) is -0.478. The topological polar surface area (TPSA) is 66.5 Å². The van der Waals surface area contributed by atoms with Crippen LogP contribution in [-0.4, -0.2) is 31.7 Å². The molecule has 5 nitrogen and oxygen atoms in total. The standard InChI is InChI=1S/C17H16Cl2N2O3S/c18-14-7-4-8-15(19)16(14)20-17(22)12-5-3-6-13(11-12)25(23,24)21-9-1-2-10-21/h3-8,11H,1-2,9-10H2,(H,20,22). The highest BCUT2D eigenvalue weighted by molar-refractivity contribution is 7.89. The normalized spacial score (nSPS) is 15.3. The summed E-state index contributed by atoms with van der Waals surface area (Å²) < 4.78 is 26.7. The Hall–Kier alpha value is -1.60. The van der Waals surface area contributed by atoms with Crippen molar-refractivity contribution in [1.82, 2.24) is 4.31 Å². The number of para-hydroxylation sites is 1. The van der Waals surface area contributed by atoms with E-state index in [1.165, 1.54) is 16.4 Å². The van der Waals surface area contributed by atoms with Gasteiger partial charge in [-0.05, 0) is 43.2 Å². The van der Waals surface area contributed by atoms with Crippen LogP contribution in [0.4, 0.5) is 5.69 Å². The number of rotatable bonds is 4. The molecule has 1 saturated heterocycles. The molecule has 0 bridgehead atoms. The van der Waals surface area contributed by atoms with Gasteiger partial charge in [0.05, 0.1) is 20.6 Å². The van der Waals surface area contributed by atoms with Gasteiger partial charge in [0.25, 0.3) is 5.91 Å². The van der Waals surface area contributed by atoms with E-state index in [-0.39, 0.29) is 10.5 Å². The van der Waals surface area contributed by atoms with Gasteiger partial charge in [-0.3, -0.25) is 4.79 Å². The molecule has 0 aromatic heterocycles. The van der Waals surface area contributed by atoms with E-state index in [0.717, 1.165) is 12.8 Å². The van der Waals surface area contributed by atoms with Crippen LogP contribution in [-0.2, 0) is 10.0 Å². The lowest BCUT2D eigenvalue weighted by atomic mass is 10.2. The second-order valence-electron chi connectivity index (χ2n) is 5.69. The van der Waals surface area contributed by atoms with E-state index in [1.807, 2.05) is 0 Å². The maximum absolute atomic E-state index is 12.6. The zero-order valence-electron chi connectivity index (χ0n) is 13.2. The predicted octanol–water partition coefficient (Wildman–Crippen LogP) is 4.03. The third-order valence-corrected chi connectivity index (χ3v) is 6.52. The van der Waals surface area contributed by atoms with Crippen LogP contribution in [0.5, 0.6) is 0 Å². The van der Waals surface area contributed by atoms with Gasteiger partial charge in [0, 0.05) is 18.7 Å². The summed E-state index contributed by atoms with van der Waals surface area (Å²) in [6, 6.07) is 10.8. The fourth-order valence-corrected chi connectivity index (χ4v) is 4.73. The summed E-state index contributed by atoms with van der Waals surface area (Å²) in [4.78, 5) is 12.6. The zero-order chi connectivity index (χ0) is 18.0. The lowest BCUT2D eigenvalue weighted by Gasteiger charge is -2.16. The molecule has 0 spiro atoms. The van der Waals surface area contributed by atoms with Crippen molar-refractivity contribution in [3.05, 3.63) is 58.1 Å². The first-order valence-electron chi connectivity index (χ1n) is 7.75. The Morgan fingerprint density at radius 3 is 2.24 bits per heavy atom. The molecule has 2 aromatic carbocycles. The Bertz CT molecular complexity index is 890. The second kappa shape index (κ2) is 7.33. The highest BCUT2D eigenvalue weighted by Crippen LogP contribution is 2.30. The van der Waals surface area contributed by atoms with E-state index in [2.05, 4.69) is 5.32 Å². The van der Waals surface area contributed by atoms with Crippen molar-refractivity contribution in [2.24, 2.45) is 0 Å². The SMILES string of the molecule is O=C(Nc1c(Cl)cccc1Cl)c1cccc(S(=O)(=O)N2CCCC2)c1. The summed E-state index contributed by atoms with van der Waals surface area (Å²) in [6.45, 7) is 1.02. The van der Waals surface area contributed by atoms with Gasteiger partial charge in [-0.15, -0.1) is 0 Å². The number of hydrogen-bond acceptors (Lipinski definition) is 3. The average Bonchev–Trinajstić information content (AvgIpc) is 3.14. The zero-order valence-corrected chi connectivity index (χ0v) is 15.5. The highest BCUT2D eigenvalue weighted by Gasteiger charge is 2.27. The number of carbonyl (C=O) groups is 1. The van der Waals surface area contributed by atoms with E-state index in [9.17, 15) is 13.2 Å². The summed E-state index contributed by atoms with van der Waals surface area (Å²) in [7, 11) is -3.58. The third-order valence-electron chi connectivity index (χ3n) is 4.00. The Kier molecular flexibility index (Phi) is 5.34. The molecule has 25 heavy (non-hydrogen) atoms. The fraction of sp³-hybridized carbons (Fsp3) is 0.235. The molecule has 1 aliphatic heterocycles. The summed E-state index contributed by atoms with van der Waals surface area (Å²) >= 11 is 12.1. The van der Waals surface area contributed by atoms with E-state index < -0.39 is 15.9 Å². The minimum absolute atomic E-state index is 0.104. The molecule has 1 amide bonds. The Morgan fingerprint density at radius 2 is 1.60 bits per heavy atom. The first-order chi connectivity index (χ1) is 11.9. The van der Waals surface area contributed by atoms with Gasteiger partial charge in [0.2, 0.25) is 10.0 Å². The van der Waals surface area contributed by atoms with Crippen LogP contribution < -0.4 is 5.32 Å². The molecular weight excluding hydrogens is 383 g/mol. The maximum atomic E-state index is 12.6.